The number of aliphatic carboxylic acids is 1. The Labute approximate surface area is 192 Å². The molecule has 0 spiro atoms. The lowest BCUT2D eigenvalue weighted by molar-refractivity contribution is -0.142. The molecule has 1 amide bonds. The van der Waals surface area contributed by atoms with E-state index in [0.29, 0.717) is 22.4 Å². The summed E-state index contributed by atoms with van der Waals surface area (Å²) >= 11 is 12.5. The number of piperidine rings is 1. The molecule has 6 heteroatoms. The highest BCUT2D eigenvalue weighted by Gasteiger charge is 2.44. The number of carboxylic acids is 1. The highest BCUT2D eigenvalue weighted by atomic mass is 35.5. The fourth-order valence-corrected chi connectivity index (χ4v) is 5.85. The minimum Gasteiger partial charge on any atom is -0.481 e. The van der Waals surface area contributed by atoms with Gasteiger partial charge in [0.2, 0.25) is 5.91 Å². The van der Waals surface area contributed by atoms with Crippen molar-refractivity contribution in [3.8, 4) is 0 Å². The Hall–Kier alpha value is -2.04. The Kier molecular flexibility index (Phi) is 6.88. The number of rotatable bonds is 6. The smallest absolute Gasteiger partial charge is 0.304 e. The number of amides is 1. The molecule has 164 valence electrons. The minimum absolute atomic E-state index is 0.0120. The summed E-state index contributed by atoms with van der Waals surface area (Å²) in [4.78, 5) is 24.3. The Bertz CT molecular complexity index is 940. The van der Waals surface area contributed by atoms with Crippen LogP contribution in [0.15, 0.2) is 48.5 Å². The molecular formula is C25H27Cl2NO3. The van der Waals surface area contributed by atoms with Crippen molar-refractivity contribution in [1.82, 2.24) is 5.32 Å². The molecule has 0 aromatic heterocycles. The van der Waals surface area contributed by atoms with Gasteiger partial charge in [-0.05, 0) is 60.6 Å². The Morgan fingerprint density at radius 2 is 1.77 bits per heavy atom. The highest BCUT2D eigenvalue weighted by molar-refractivity contribution is 6.30. The van der Waals surface area contributed by atoms with E-state index < -0.39 is 11.9 Å². The van der Waals surface area contributed by atoms with Gasteiger partial charge in [0.15, 0.2) is 0 Å². The van der Waals surface area contributed by atoms with Crippen molar-refractivity contribution in [1.29, 1.82) is 0 Å². The van der Waals surface area contributed by atoms with Gasteiger partial charge in [0.25, 0.3) is 0 Å². The van der Waals surface area contributed by atoms with E-state index in [1.807, 2.05) is 36.4 Å². The third kappa shape index (κ3) is 5.07. The summed E-state index contributed by atoms with van der Waals surface area (Å²) in [6.07, 6.45) is 4.98. The van der Waals surface area contributed by atoms with Gasteiger partial charge in [0.05, 0.1) is 6.42 Å². The molecule has 4 rings (SSSR count). The molecule has 0 bridgehead atoms. The maximum atomic E-state index is 13.0. The first-order valence-electron chi connectivity index (χ1n) is 11.0. The van der Waals surface area contributed by atoms with Gasteiger partial charge in [-0.3, -0.25) is 9.59 Å². The lowest BCUT2D eigenvalue weighted by Crippen LogP contribution is -2.52. The SMILES string of the molecule is O=C(O)C[C@H]1C[C@H](c2cccc(Cl)c2)[C@@H](C(c2ccc(Cl)cc2)C2CCCC2)NC1=O. The van der Waals surface area contributed by atoms with Crippen LogP contribution in [0.1, 0.15) is 61.5 Å². The van der Waals surface area contributed by atoms with Crippen molar-refractivity contribution in [2.75, 3.05) is 0 Å². The van der Waals surface area contributed by atoms with Crippen molar-refractivity contribution in [3.05, 3.63) is 69.7 Å². The summed E-state index contributed by atoms with van der Waals surface area (Å²) in [5.74, 6) is -1.08. The first-order valence-corrected chi connectivity index (χ1v) is 11.7. The molecule has 2 aromatic carbocycles. The summed E-state index contributed by atoms with van der Waals surface area (Å²) in [5, 5.41) is 13.9. The average Bonchev–Trinajstić information content (AvgIpc) is 3.25. The fraction of sp³-hybridized carbons (Fsp3) is 0.440. The number of halogens is 2. The molecular weight excluding hydrogens is 433 g/mol. The molecule has 1 saturated carbocycles. The summed E-state index contributed by atoms with van der Waals surface area (Å²) in [6.45, 7) is 0. The van der Waals surface area contributed by atoms with Gasteiger partial charge in [-0.25, -0.2) is 0 Å². The van der Waals surface area contributed by atoms with Gasteiger partial charge < -0.3 is 10.4 Å². The summed E-state index contributed by atoms with van der Waals surface area (Å²) in [5.41, 5.74) is 2.22. The molecule has 1 heterocycles. The van der Waals surface area contributed by atoms with Gasteiger partial charge in [-0.1, -0.05) is 60.3 Å². The van der Waals surface area contributed by atoms with Crippen molar-refractivity contribution >= 4 is 35.1 Å². The van der Waals surface area contributed by atoms with E-state index in [2.05, 4.69) is 17.4 Å². The third-order valence-electron chi connectivity index (χ3n) is 6.90. The molecule has 2 aliphatic rings. The number of carbonyl (C=O) groups excluding carboxylic acids is 1. The molecule has 2 aromatic rings. The van der Waals surface area contributed by atoms with Gasteiger partial charge in [0.1, 0.15) is 0 Å². The molecule has 1 saturated heterocycles. The average molecular weight is 460 g/mol. The number of carbonyl (C=O) groups is 2. The van der Waals surface area contributed by atoms with Crippen LogP contribution < -0.4 is 5.32 Å². The second-order valence-corrected chi connectivity index (χ2v) is 9.72. The van der Waals surface area contributed by atoms with E-state index in [1.54, 1.807) is 0 Å². The zero-order valence-electron chi connectivity index (χ0n) is 17.3. The van der Waals surface area contributed by atoms with Crippen molar-refractivity contribution < 1.29 is 14.7 Å². The van der Waals surface area contributed by atoms with Crippen LogP contribution in [0.4, 0.5) is 0 Å². The van der Waals surface area contributed by atoms with Crippen LogP contribution in [0.25, 0.3) is 0 Å². The molecule has 2 N–H and O–H groups in total. The largest absolute Gasteiger partial charge is 0.481 e. The van der Waals surface area contributed by atoms with Crippen LogP contribution in [-0.2, 0) is 9.59 Å². The summed E-state index contributed by atoms with van der Waals surface area (Å²) in [7, 11) is 0. The number of benzene rings is 2. The summed E-state index contributed by atoms with van der Waals surface area (Å²) in [6, 6.07) is 15.6. The van der Waals surface area contributed by atoms with E-state index in [0.717, 1.165) is 18.4 Å². The van der Waals surface area contributed by atoms with Gasteiger partial charge >= 0.3 is 5.97 Å². The predicted octanol–water partition coefficient (Wildman–Crippen LogP) is 6.03. The van der Waals surface area contributed by atoms with Crippen LogP contribution in [-0.4, -0.2) is 23.0 Å². The zero-order chi connectivity index (χ0) is 22.0. The van der Waals surface area contributed by atoms with Crippen molar-refractivity contribution in [2.24, 2.45) is 11.8 Å². The number of nitrogens with one attached hydrogen (secondary N) is 1. The standard InChI is InChI=1S/C25H27Cl2NO3/c26-19-10-8-16(9-11-19)23(15-4-1-2-5-15)24-21(17-6-3-7-20(27)12-17)13-18(14-22(29)30)25(31)28-24/h3,6-12,15,18,21,23-24H,1-2,4-5,13-14H2,(H,28,31)(H,29,30)/t18-,21-,23?,24+/m1/s1. The fourth-order valence-electron chi connectivity index (χ4n) is 5.52. The lowest BCUT2D eigenvalue weighted by Gasteiger charge is -2.43. The molecule has 1 aliphatic carbocycles. The second kappa shape index (κ2) is 9.62. The first-order chi connectivity index (χ1) is 14.9. The zero-order valence-corrected chi connectivity index (χ0v) is 18.8. The van der Waals surface area contributed by atoms with Crippen LogP contribution in [0.2, 0.25) is 10.0 Å². The molecule has 4 atom stereocenters. The molecule has 0 radical (unpaired) electrons. The Morgan fingerprint density at radius 1 is 1.06 bits per heavy atom. The number of carboxylic acid groups (broad SMARTS) is 1. The molecule has 4 nitrogen and oxygen atoms in total. The lowest BCUT2D eigenvalue weighted by atomic mass is 9.68. The van der Waals surface area contributed by atoms with Crippen LogP contribution >= 0.6 is 23.2 Å². The van der Waals surface area contributed by atoms with Crippen LogP contribution in [0.3, 0.4) is 0 Å². The van der Waals surface area contributed by atoms with Gasteiger partial charge in [-0.15, -0.1) is 0 Å². The molecule has 2 fully saturated rings. The molecule has 1 unspecified atom stereocenters. The minimum atomic E-state index is -0.950. The summed E-state index contributed by atoms with van der Waals surface area (Å²) < 4.78 is 0. The third-order valence-corrected chi connectivity index (χ3v) is 7.39. The highest BCUT2D eigenvalue weighted by Crippen LogP contribution is 2.46. The van der Waals surface area contributed by atoms with E-state index in [1.165, 1.54) is 18.4 Å². The van der Waals surface area contributed by atoms with Crippen molar-refractivity contribution in [3.63, 3.8) is 0 Å². The second-order valence-electron chi connectivity index (χ2n) is 8.85. The van der Waals surface area contributed by atoms with Crippen LogP contribution in [0.5, 0.6) is 0 Å². The van der Waals surface area contributed by atoms with E-state index in [9.17, 15) is 14.7 Å². The Morgan fingerprint density at radius 3 is 2.42 bits per heavy atom. The normalized spacial score (nSPS) is 25.2. The van der Waals surface area contributed by atoms with E-state index >= 15 is 0 Å². The predicted molar refractivity (Wildman–Crippen MR) is 123 cm³/mol. The maximum absolute atomic E-state index is 13.0. The quantitative estimate of drug-likeness (QED) is 0.553. The van der Waals surface area contributed by atoms with Gasteiger partial charge in [0, 0.05) is 33.8 Å². The number of hydrogen-bond donors (Lipinski definition) is 2. The molecule has 1 aliphatic heterocycles. The monoisotopic (exact) mass is 459 g/mol. The number of hydrogen-bond acceptors (Lipinski definition) is 2. The Balaban J connectivity index is 1.75. The topological polar surface area (TPSA) is 66.4 Å². The van der Waals surface area contributed by atoms with E-state index in [4.69, 9.17) is 23.2 Å². The van der Waals surface area contributed by atoms with Crippen LogP contribution in [0, 0.1) is 11.8 Å². The maximum Gasteiger partial charge on any atom is 0.304 e. The van der Waals surface area contributed by atoms with Gasteiger partial charge in [-0.2, -0.15) is 0 Å². The molecule has 31 heavy (non-hydrogen) atoms. The van der Waals surface area contributed by atoms with Crippen molar-refractivity contribution in [2.45, 2.75) is 56.4 Å². The van der Waals surface area contributed by atoms with E-state index in [-0.39, 0.29) is 30.2 Å². The first kappa shape index (κ1) is 22.2.